The molecule has 0 aliphatic carbocycles. The number of rotatable bonds is 3. The van der Waals surface area contributed by atoms with Crippen molar-refractivity contribution in [2.24, 2.45) is 5.41 Å². The zero-order valence-corrected chi connectivity index (χ0v) is 15.5. The minimum atomic E-state index is -0.710. The third-order valence-electron chi connectivity index (χ3n) is 4.53. The molecular formula is C22H23NO3. The van der Waals surface area contributed by atoms with Gasteiger partial charge in [0.25, 0.3) is 5.91 Å². The average Bonchev–Trinajstić information content (AvgIpc) is 2.86. The molecule has 0 fully saturated rings. The fraction of sp³-hybridized carbons (Fsp3) is 0.273. The summed E-state index contributed by atoms with van der Waals surface area (Å²) >= 11 is 0. The SMILES string of the molecule is Cc1cccc(C2C(C(=O)C(C)(C)C)=C(O)C(=O)N2c2ccccc2)c1. The van der Waals surface area contributed by atoms with E-state index >= 15 is 0 Å². The van der Waals surface area contributed by atoms with Gasteiger partial charge in [-0.1, -0.05) is 68.8 Å². The smallest absolute Gasteiger partial charge is 0.294 e. The largest absolute Gasteiger partial charge is 0.503 e. The van der Waals surface area contributed by atoms with Crippen LogP contribution >= 0.6 is 0 Å². The van der Waals surface area contributed by atoms with E-state index in [2.05, 4.69) is 0 Å². The van der Waals surface area contributed by atoms with Gasteiger partial charge in [0.15, 0.2) is 11.5 Å². The molecule has 1 aliphatic rings. The van der Waals surface area contributed by atoms with Gasteiger partial charge in [-0.2, -0.15) is 0 Å². The molecule has 0 spiro atoms. The lowest BCUT2D eigenvalue weighted by Gasteiger charge is -2.29. The number of nitrogens with zero attached hydrogens (tertiary/aromatic N) is 1. The second-order valence-corrected chi connectivity index (χ2v) is 7.67. The molecule has 3 rings (SSSR count). The number of benzene rings is 2. The van der Waals surface area contributed by atoms with Crippen molar-refractivity contribution in [3.8, 4) is 0 Å². The Bertz CT molecular complexity index is 891. The van der Waals surface area contributed by atoms with Crippen LogP contribution in [-0.4, -0.2) is 16.8 Å². The molecule has 134 valence electrons. The number of hydrogen-bond donors (Lipinski definition) is 1. The summed E-state index contributed by atoms with van der Waals surface area (Å²) in [6.45, 7) is 7.33. The zero-order valence-electron chi connectivity index (χ0n) is 15.5. The molecule has 0 bridgehead atoms. The number of aliphatic hydroxyl groups is 1. The third kappa shape index (κ3) is 3.03. The van der Waals surface area contributed by atoms with Crippen LogP contribution < -0.4 is 4.90 Å². The van der Waals surface area contributed by atoms with E-state index in [9.17, 15) is 14.7 Å². The van der Waals surface area contributed by atoms with Crippen LogP contribution in [0, 0.1) is 12.3 Å². The highest BCUT2D eigenvalue weighted by Crippen LogP contribution is 2.43. The lowest BCUT2D eigenvalue weighted by molar-refractivity contribution is -0.123. The number of Topliss-reactive ketones (excluding diaryl/α,β-unsaturated/α-hetero) is 1. The third-order valence-corrected chi connectivity index (χ3v) is 4.53. The van der Waals surface area contributed by atoms with Crippen LogP contribution in [0.3, 0.4) is 0 Å². The van der Waals surface area contributed by atoms with Crippen LogP contribution in [0.1, 0.15) is 37.9 Å². The topological polar surface area (TPSA) is 57.6 Å². The standard InChI is InChI=1S/C22H23NO3/c1-14-9-8-10-15(13-14)18-17(20(25)22(2,3)4)19(24)21(26)23(18)16-11-6-5-7-12-16/h5-13,18,24H,1-4H3. The molecule has 1 N–H and O–H groups in total. The van der Waals surface area contributed by atoms with Crippen molar-refractivity contribution >= 4 is 17.4 Å². The number of ketones is 1. The minimum absolute atomic E-state index is 0.164. The second-order valence-electron chi connectivity index (χ2n) is 7.67. The van der Waals surface area contributed by atoms with Crippen LogP contribution in [0.15, 0.2) is 65.9 Å². The number of carbonyl (C=O) groups is 2. The van der Waals surface area contributed by atoms with Crippen molar-refractivity contribution in [3.63, 3.8) is 0 Å². The first kappa shape index (κ1) is 17.9. The molecule has 26 heavy (non-hydrogen) atoms. The summed E-state index contributed by atoms with van der Waals surface area (Å²) in [5.74, 6) is -1.23. The first-order valence-corrected chi connectivity index (χ1v) is 8.65. The lowest BCUT2D eigenvalue weighted by atomic mass is 9.82. The number of aliphatic hydroxyl groups excluding tert-OH is 1. The molecule has 2 aromatic rings. The van der Waals surface area contributed by atoms with Gasteiger partial charge in [-0.15, -0.1) is 0 Å². The van der Waals surface area contributed by atoms with Crippen molar-refractivity contribution in [2.75, 3.05) is 4.90 Å². The number of carbonyl (C=O) groups excluding carboxylic acids is 2. The van der Waals surface area contributed by atoms with E-state index in [4.69, 9.17) is 0 Å². The minimum Gasteiger partial charge on any atom is -0.503 e. The number of aryl methyl sites for hydroxylation is 1. The van der Waals surface area contributed by atoms with Gasteiger partial charge in [-0.05, 0) is 24.6 Å². The number of amides is 1. The van der Waals surface area contributed by atoms with Crippen molar-refractivity contribution in [1.29, 1.82) is 0 Å². The second kappa shape index (κ2) is 6.45. The number of para-hydroxylation sites is 1. The average molecular weight is 349 g/mol. The first-order chi connectivity index (χ1) is 12.2. The molecule has 2 aromatic carbocycles. The Hall–Kier alpha value is -2.88. The highest BCUT2D eigenvalue weighted by molar-refractivity contribution is 6.17. The predicted octanol–water partition coefficient (Wildman–Crippen LogP) is 4.51. The Morgan fingerprint density at radius 1 is 1.04 bits per heavy atom. The molecule has 1 heterocycles. The predicted molar refractivity (Wildman–Crippen MR) is 102 cm³/mol. The van der Waals surface area contributed by atoms with Crippen LogP contribution in [-0.2, 0) is 9.59 Å². The van der Waals surface area contributed by atoms with E-state index in [0.717, 1.165) is 11.1 Å². The fourth-order valence-electron chi connectivity index (χ4n) is 3.25. The molecule has 1 amide bonds. The van der Waals surface area contributed by atoms with Gasteiger partial charge in [-0.25, -0.2) is 0 Å². The van der Waals surface area contributed by atoms with Gasteiger partial charge in [0.2, 0.25) is 0 Å². The van der Waals surface area contributed by atoms with E-state index in [1.165, 1.54) is 4.90 Å². The normalized spacial score (nSPS) is 17.8. The maximum absolute atomic E-state index is 13.1. The Morgan fingerprint density at radius 2 is 1.69 bits per heavy atom. The lowest BCUT2D eigenvalue weighted by Crippen LogP contribution is -2.32. The van der Waals surface area contributed by atoms with E-state index in [-0.39, 0.29) is 11.4 Å². The molecule has 4 heteroatoms. The van der Waals surface area contributed by atoms with Gasteiger partial charge in [0.05, 0.1) is 11.6 Å². The zero-order chi connectivity index (χ0) is 19.1. The van der Waals surface area contributed by atoms with E-state index in [0.29, 0.717) is 5.69 Å². The van der Waals surface area contributed by atoms with Gasteiger partial charge in [-0.3, -0.25) is 14.5 Å². The van der Waals surface area contributed by atoms with Crippen molar-refractivity contribution in [1.82, 2.24) is 0 Å². The van der Waals surface area contributed by atoms with Crippen molar-refractivity contribution in [2.45, 2.75) is 33.7 Å². The summed E-state index contributed by atoms with van der Waals surface area (Å²) in [5, 5.41) is 10.6. The summed E-state index contributed by atoms with van der Waals surface area (Å²) in [4.78, 5) is 27.5. The molecule has 0 aromatic heterocycles. The maximum atomic E-state index is 13.1. The molecule has 0 radical (unpaired) electrons. The van der Waals surface area contributed by atoms with Gasteiger partial charge < -0.3 is 5.11 Å². The highest BCUT2D eigenvalue weighted by Gasteiger charge is 2.46. The van der Waals surface area contributed by atoms with Gasteiger partial charge >= 0.3 is 0 Å². The number of hydrogen-bond acceptors (Lipinski definition) is 3. The van der Waals surface area contributed by atoms with Gasteiger partial charge in [0.1, 0.15) is 0 Å². The quantitative estimate of drug-likeness (QED) is 0.887. The van der Waals surface area contributed by atoms with E-state index in [1.807, 2.05) is 49.4 Å². The Balaban J connectivity index is 2.22. The molecule has 0 saturated heterocycles. The summed E-state index contributed by atoms with van der Waals surface area (Å²) in [7, 11) is 0. The van der Waals surface area contributed by atoms with Crippen LogP contribution in [0.4, 0.5) is 5.69 Å². The van der Waals surface area contributed by atoms with Crippen molar-refractivity contribution < 1.29 is 14.7 Å². The molecule has 1 aliphatic heterocycles. The summed E-state index contributed by atoms with van der Waals surface area (Å²) in [5.41, 5.74) is 1.93. The van der Waals surface area contributed by atoms with Crippen LogP contribution in [0.25, 0.3) is 0 Å². The fourth-order valence-corrected chi connectivity index (χ4v) is 3.25. The Labute approximate surface area is 153 Å². The van der Waals surface area contributed by atoms with Gasteiger partial charge in [0, 0.05) is 11.1 Å². The van der Waals surface area contributed by atoms with Crippen LogP contribution in [0.5, 0.6) is 0 Å². The summed E-state index contributed by atoms with van der Waals surface area (Å²) in [6.07, 6.45) is 0. The molecule has 0 saturated carbocycles. The Kier molecular flexibility index (Phi) is 4.45. The monoisotopic (exact) mass is 349 g/mol. The highest BCUT2D eigenvalue weighted by atomic mass is 16.3. The molecular weight excluding hydrogens is 326 g/mol. The Morgan fingerprint density at radius 3 is 2.27 bits per heavy atom. The molecule has 1 unspecified atom stereocenters. The molecule has 1 atom stereocenters. The van der Waals surface area contributed by atoms with Crippen LogP contribution in [0.2, 0.25) is 0 Å². The molecule has 4 nitrogen and oxygen atoms in total. The first-order valence-electron chi connectivity index (χ1n) is 8.65. The number of anilines is 1. The van der Waals surface area contributed by atoms with E-state index in [1.54, 1.807) is 32.9 Å². The maximum Gasteiger partial charge on any atom is 0.294 e. The summed E-state index contributed by atoms with van der Waals surface area (Å²) < 4.78 is 0. The van der Waals surface area contributed by atoms with Crippen molar-refractivity contribution in [3.05, 3.63) is 77.1 Å². The summed E-state index contributed by atoms with van der Waals surface area (Å²) in [6, 6.07) is 16.2. The van der Waals surface area contributed by atoms with E-state index < -0.39 is 23.1 Å².